The minimum atomic E-state index is -0.863. The number of ether oxygens (including phenoxy) is 2. The van der Waals surface area contributed by atoms with E-state index in [0.717, 1.165) is 6.42 Å². The summed E-state index contributed by atoms with van der Waals surface area (Å²) in [6.45, 7) is 15.5. The Balaban J connectivity index is 0.000000546. The first kappa shape index (κ1) is 21.4. The van der Waals surface area contributed by atoms with Crippen LogP contribution in [0.2, 0.25) is 0 Å². The quantitative estimate of drug-likeness (QED) is 0.414. The molecule has 0 aliphatic carbocycles. The van der Waals surface area contributed by atoms with Crippen LogP contribution < -0.4 is 0 Å². The van der Waals surface area contributed by atoms with E-state index in [1.54, 1.807) is 0 Å². The van der Waals surface area contributed by atoms with Gasteiger partial charge in [0.1, 0.15) is 0 Å². The van der Waals surface area contributed by atoms with Gasteiger partial charge in [0.15, 0.2) is 0 Å². The van der Waals surface area contributed by atoms with Crippen molar-refractivity contribution in [3.05, 3.63) is 66.8 Å². The molecule has 4 nitrogen and oxygen atoms in total. The molecule has 24 heavy (non-hydrogen) atoms. The Morgan fingerprint density at radius 3 is 1.79 bits per heavy atom. The molecule has 1 aromatic carbocycles. The van der Waals surface area contributed by atoms with Gasteiger partial charge in [-0.3, -0.25) is 0 Å². The van der Waals surface area contributed by atoms with Crippen LogP contribution in [0.25, 0.3) is 6.08 Å². The number of carbonyl (C=O) groups is 2. The third-order valence-corrected chi connectivity index (χ3v) is 2.73. The van der Waals surface area contributed by atoms with Crippen LogP contribution in [-0.4, -0.2) is 18.2 Å². The molecule has 0 fully saturated rings. The van der Waals surface area contributed by atoms with E-state index >= 15 is 0 Å². The van der Waals surface area contributed by atoms with Gasteiger partial charge in [-0.1, -0.05) is 63.1 Å². The minimum absolute atomic E-state index is 0.271. The highest BCUT2D eigenvalue weighted by Gasteiger charge is 2.18. The summed E-state index contributed by atoms with van der Waals surface area (Å²) in [5.41, 5.74) is 1.72. The maximum atomic E-state index is 11.2. The molecule has 0 aliphatic rings. The fraction of sp³-hybridized carbons (Fsp3) is 0.300. The van der Waals surface area contributed by atoms with Gasteiger partial charge in [0.05, 0.1) is 0 Å². The van der Waals surface area contributed by atoms with Gasteiger partial charge in [0, 0.05) is 17.6 Å². The van der Waals surface area contributed by atoms with E-state index in [0.29, 0.717) is 6.42 Å². The molecule has 0 bridgehead atoms. The zero-order valence-corrected chi connectivity index (χ0v) is 14.7. The molecular formula is C20H26O4. The predicted molar refractivity (Wildman–Crippen MR) is 97.0 cm³/mol. The van der Waals surface area contributed by atoms with Gasteiger partial charge in [-0.25, -0.2) is 9.59 Å². The van der Waals surface area contributed by atoms with Gasteiger partial charge in [-0.15, -0.1) is 0 Å². The third kappa shape index (κ3) is 9.41. The second kappa shape index (κ2) is 11.9. The lowest BCUT2D eigenvalue weighted by Crippen LogP contribution is -2.25. The van der Waals surface area contributed by atoms with Crippen LogP contribution in [0.1, 0.15) is 39.2 Å². The Morgan fingerprint density at radius 1 is 1.04 bits per heavy atom. The highest BCUT2D eigenvalue weighted by Crippen LogP contribution is 2.09. The van der Waals surface area contributed by atoms with E-state index < -0.39 is 18.2 Å². The fourth-order valence-electron chi connectivity index (χ4n) is 1.41. The van der Waals surface area contributed by atoms with Crippen molar-refractivity contribution in [1.82, 2.24) is 0 Å². The number of carbonyl (C=O) groups excluding carboxylic acids is 2. The number of esters is 2. The summed E-state index contributed by atoms with van der Waals surface area (Å²) >= 11 is 0. The zero-order valence-electron chi connectivity index (χ0n) is 14.7. The van der Waals surface area contributed by atoms with Crippen molar-refractivity contribution >= 4 is 18.0 Å². The average molecular weight is 330 g/mol. The second-order valence-corrected chi connectivity index (χ2v) is 5.20. The minimum Gasteiger partial charge on any atom is -0.422 e. The first-order valence-corrected chi connectivity index (χ1v) is 7.72. The maximum absolute atomic E-state index is 11.2. The number of hydrogen-bond acceptors (Lipinski definition) is 4. The molecular weight excluding hydrogens is 304 g/mol. The molecule has 0 aliphatic heterocycles. The molecule has 130 valence electrons. The molecule has 0 unspecified atom stereocenters. The van der Waals surface area contributed by atoms with Crippen LogP contribution in [0.4, 0.5) is 0 Å². The van der Waals surface area contributed by atoms with Crippen LogP contribution in [0.3, 0.4) is 0 Å². The summed E-state index contributed by atoms with van der Waals surface area (Å²) in [6, 6.07) is 10.0. The van der Waals surface area contributed by atoms with E-state index in [-0.39, 0.29) is 11.1 Å². The summed E-state index contributed by atoms with van der Waals surface area (Å²) in [5, 5.41) is 0. The standard InChI is InChI=1S/C12H18O4.C8H8/c1-6-7-10(15-11(13)8(2)3)16-12(14)9(4)5;1-2-8-6-4-3-5-7-8/h10H,2,4,6-7H2,1,3,5H3;2-7H,1H2. The van der Waals surface area contributed by atoms with Gasteiger partial charge >= 0.3 is 11.9 Å². The van der Waals surface area contributed by atoms with Crippen molar-refractivity contribution in [3.63, 3.8) is 0 Å². The molecule has 0 atom stereocenters. The molecule has 0 N–H and O–H groups in total. The highest BCUT2D eigenvalue weighted by molar-refractivity contribution is 5.88. The van der Waals surface area contributed by atoms with Gasteiger partial charge < -0.3 is 9.47 Å². The van der Waals surface area contributed by atoms with Crippen molar-refractivity contribution in [1.29, 1.82) is 0 Å². The van der Waals surface area contributed by atoms with Gasteiger partial charge in [-0.05, 0) is 25.8 Å². The lowest BCUT2D eigenvalue weighted by molar-refractivity contribution is -0.183. The zero-order chi connectivity index (χ0) is 18.5. The fourth-order valence-corrected chi connectivity index (χ4v) is 1.41. The van der Waals surface area contributed by atoms with E-state index in [1.165, 1.54) is 19.4 Å². The molecule has 1 aromatic rings. The summed E-state index contributed by atoms with van der Waals surface area (Å²) in [4.78, 5) is 22.5. The van der Waals surface area contributed by atoms with Crippen LogP contribution in [0.5, 0.6) is 0 Å². The number of rotatable bonds is 7. The molecule has 0 radical (unpaired) electrons. The van der Waals surface area contributed by atoms with Crippen molar-refractivity contribution in [3.8, 4) is 0 Å². The normalized spacial score (nSPS) is 9.33. The number of hydrogen-bond donors (Lipinski definition) is 0. The smallest absolute Gasteiger partial charge is 0.336 e. The van der Waals surface area contributed by atoms with Crippen LogP contribution in [0, 0.1) is 0 Å². The van der Waals surface area contributed by atoms with Crippen molar-refractivity contribution in [2.24, 2.45) is 0 Å². The number of benzene rings is 1. The molecule has 4 heteroatoms. The van der Waals surface area contributed by atoms with E-state index in [9.17, 15) is 9.59 Å². The molecule has 1 rings (SSSR count). The van der Waals surface area contributed by atoms with E-state index in [4.69, 9.17) is 9.47 Å². The predicted octanol–water partition coefficient (Wildman–Crippen LogP) is 4.68. The van der Waals surface area contributed by atoms with Crippen LogP contribution in [0.15, 0.2) is 61.2 Å². The first-order chi connectivity index (χ1) is 11.3. The van der Waals surface area contributed by atoms with Crippen LogP contribution >= 0.6 is 0 Å². The van der Waals surface area contributed by atoms with Crippen molar-refractivity contribution < 1.29 is 19.1 Å². The lowest BCUT2D eigenvalue weighted by Gasteiger charge is -2.17. The van der Waals surface area contributed by atoms with E-state index in [2.05, 4.69) is 19.7 Å². The molecule has 0 heterocycles. The monoisotopic (exact) mass is 330 g/mol. The second-order valence-electron chi connectivity index (χ2n) is 5.20. The lowest BCUT2D eigenvalue weighted by atomic mass is 10.2. The SMILES string of the molecule is C=C(C)C(=O)OC(CCC)OC(=O)C(=C)C.C=Cc1ccccc1. The maximum Gasteiger partial charge on any atom is 0.336 e. The summed E-state index contributed by atoms with van der Waals surface area (Å²) in [6.07, 6.45) is 2.16. The highest BCUT2D eigenvalue weighted by atomic mass is 16.7. The Hall–Kier alpha value is -2.62. The Bertz CT molecular complexity index is 545. The molecule has 0 saturated carbocycles. The topological polar surface area (TPSA) is 52.6 Å². The van der Waals surface area contributed by atoms with Gasteiger partial charge in [0.2, 0.25) is 6.29 Å². The summed E-state index contributed by atoms with van der Waals surface area (Å²) in [7, 11) is 0. The molecule has 0 amide bonds. The van der Waals surface area contributed by atoms with Gasteiger partial charge in [-0.2, -0.15) is 0 Å². The summed E-state index contributed by atoms with van der Waals surface area (Å²) < 4.78 is 9.90. The van der Waals surface area contributed by atoms with Gasteiger partial charge in [0.25, 0.3) is 0 Å². The third-order valence-electron chi connectivity index (χ3n) is 2.73. The van der Waals surface area contributed by atoms with E-state index in [1.807, 2.05) is 43.3 Å². The largest absolute Gasteiger partial charge is 0.422 e. The Labute approximate surface area is 144 Å². The molecule has 0 aromatic heterocycles. The summed E-state index contributed by atoms with van der Waals surface area (Å²) in [5.74, 6) is -1.12. The Kier molecular flexibility index (Phi) is 10.6. The van der Waals surface area contributed by atoms with Crippen molar-refractivity contribution in [2.75, 3.05) is 0 Å². The molecule has 0 saturated heterocycles. The van der Waals surface area contributed by atoms with Crippen LogP contribution in [-0.2, 0) is 19.1 Å². The Morgan fingerprint density at radius 2 is 1.50 bits per heavy atom. The molecule has 0 spiro atoms. The van der Waals surface area contributed by atoms with Crippen molar-refractivity contribution in [2.45, 2.75) is 39.9 Å². The first-order valence-electron chi connectivity index (χ1n) is 7.72. The average Bonchev–Trinajstić information content (AvgIpc) is 2.56.